The van der Waals surface area contributed by atoms with Gasteiger partial charge in [-0.2, -0.15) is 9.78 Å². The third-order valence-corrected chi connectivity index (χ3v) is 1.33. The molecule has 3 heteroatoms. The Morgan fingerprint density at radius 3 is 2.20 bits per heavy atom. The maximum atomic E-state index is 4.59. The summed E-state index contributed by atoms with van der Waals surface area (Å²) in [6, 6.07) is 9.59. The Morgan fingerprint density at radius 2 is 1.70 bits per heavy atom. The monoisotopic (exact) mass is 138 g/mol. The van der Waals surface area contributed by atoms with E-state index in [1.165, 1.54) is 0 Å². The molecule has 0 unspecified atom stereocenters. The van der Waals surface area contributed by atoms with E-state index in [1.54, 1.807) is 0 Å². The zero-order valence-corrected chi connectivity index (χ0v) is 5.19. The minimum atomic E-state index is -0.332. The van der Waals surface area contributed by atoms with Gasteiger partial charge in [0.15, 0.2) is 0 Å². The maximum Gasteiger partial charge on any atom is 0.255 e. The lowest BCUT2D eigenvalue weighted by Crippen LogP contribution is -2.19. The SMILES string of the molecule is c1ccc(C2OOO2)cc1. The van der Waals surface area contributed by atoms with E-state index < -0.39 is 0 Å². The lowest BCUT2D eigenvalue weighted by Gasteiger charge is -2.21. The van der Waals surface area contributed by atoms with Gasteiger partial charge in [0.05, 0.1) is 0 Å². The first kappa shape index (κ1) is 5.85. The van der Waals surface area contributed by atoms with Crippen molar-refractivity contribution in [1.82, 2.24) is 0 Å². The Morgan fingerprint density at radius 1 is 1.00 bits per heavy atom. The van der Waals surface area contributed by atoms with Crippen LogP contribution in [0.15, 0.2) is 30.3 Å². The van der Waals surface area contributed by atoms with Crippen molar-refractivity contribution in [2.24, 2.45) is 0 Å². The molecule has 1 aromatic carbocycles. The summed E-state index contributed by atoms with van der Waals surface area (Å²) in [7, 11) is 0. The van der Waals surface area contributed by atoms with E-state index in [4.69, 9.17) is 0 Å². The predicted octanol–water partition coefficient (Wildman–Crippen LogP) is 1.58. The second-order valence-electron chi connectivity index (χ2n) is 2.00. The van der Waals surface area contributed by atoms with Crippen LogP contribution in [0.25, 0.3) is 0 Å². The van der Waals surface area contributed by atoms with Crippen LogP contribution in [0.4, 0.5) is 0 Å². The van der Waals surface area contributed by atoms with Gasteiger partial charge in [-0.1, -0.05) is 35.4 Å². The van der Waals surface area contributed by atoms with Crippen LogP contribution in [0.5, 0.6) is 0 Å². The van der Waals surface area contributed by atoms with Gasteiger partial charge in [-0.25, -0.2) is 0 Å². The topological polar surface area (TPSA) is 27.7 Å². The van der Waals surface area contributed by atoms with Crippen molar-refractivity contribution in [2.45, 2.75) is 6.29 Å². The molecular formula is C7H6O3. The van der Waals surface area contributed by atoms with Gasteiger partial charge in [0.25, 0.3) is 6.29 Å². The van der Waals surface area contributed by atoms with Crippen LogP contribution in [-0.4, -0.2) is 0 Å². The number of hydrogen-bond donors (Lipinski definition) is 0. The van der Waals surface area contributed by atoms with Crippen molar-refractivity contribution in [3.8, 4) is 0 Å². The molecule has 2 rings (SSSR count). The van der Waals surface area contributed by atoms with Crippen LogP contribution >= 0.6 is 0 Å². The summed E-state index contributed by atoms with van der Waals surface area (Å²) in [4.78, 5) is 9.19. The molecule has 0 aliphatic carbocycles. The normalized spacial score (nSPS) is 18.4. The van der Waals surface area contributed by atoms with Crippen molar-refractivity contribution in [3.63, 3.8) is 0 Å². The molecule has 52 valence electrons. The largest absolute Gasteiger partial charge is 0.255 e. The second kappa shape index (κ2) is 2.38. The average Bonchev–Trinajstić information content (AvgIpc) is 1.86. The molecule has 3 nitrogen and oxygen atoms in total. The zero-order valence-electron chi connectivity index (χ0n) is 5.19. The molecule has 1 aliphatic rings. The maximum absolute atomic E-state index is 4.59. The summed E-state index contributed by atoms with van der Waals surface area (Å²) in [5.41, 5.74) is 0.966. The fourth-order valence-electron chi connectivity index (χ4n) is 0.800. The van der Waals surface area contributed by atoms with Crippen molar-refractivity contribution >= 4 is 0 Å². The average molecular weight is 138 g/mol. The Balaban J connectivity index is 2.18. The molecule has 0 spiro atoms. The van der Waals surface area contributed by atoms with Gasteiger partial charge in [0.2, 0.25) is 0 Å². The van der Waals surface area contributed by atoms with E-state index in [1.807, 2.05) is 30.3 Å². The molecule has 1 aliphatic heterocycles. The van der Waals surface area contributed by atoms with Gasteiger partial charge >= 0.3 is 0 Å². The van der Waals surface area contributed by atoms with E-state index in [-0.39, 0.29) is 6.29 Å². The summed E-state index contributed by atoms with van der Waals surface area (Å²) < 4.78 is 0. The van der Waals surface area contributed by atoms with Crippen molar-refractivity contribution in [1.29, 1.82) is 0 Å². The summed E-state index contributed by atoms with van der Waals surface area (Å²) in [5, 5.41) is 4.09. The number of hydrogen-bond acceptors (Lipinski definition) is 3. The smallest absolute Gasteiger partial charge is 0.165 e. The number of benzene rings is 1. The molecule has 1 fully saturated rings. The van der Waals surface area contributed by atoms with Crippen LogP contribution in [-0.2, 0) is 14.8 Å². The van der Waals surface area contributed by atoms with Crippen LogP contribution < -0.4 is 0 Å². The van der Waals surface area contributed by atoms with E-state index >= 15 is 0 Å². The fraction of sp³-hybridized carbons (Fsp3) is 0.143. The molecule has 0 amide bonds. The first-order valence-corrected chi connectivity index (χ1v) is 3.00. The highest BCUT2D eigenvalue weighted by atomic mass is 17.6. The Bertz CT molecular complexity index is 205. The molecule has 1 heterocycles. The predicted molar refractivity (Wildman–Crippen MR) is 32.4 cm³/mol. The van der Waals surface area contributed by atoms with Crippen molar-refractivity contribution in [3.05, 3.63) is 35.9 Å². The van der Waals surface area contributed by atoms with Gasteiger partial charge in [-0.05, 0) is 0 Å². The van der Waals surface area contributed by atoms with Crippen molar-refractivity contribution in [2.75, 3.05) is 0 Å². The molecule has 10 heavy (non-hydrogen) atoms. The van der Waals surface area contributed by atoms with Gasteiger partial charge < -0.3 is 0 Å². The molecule has 0 N–H and O–H groups in total. The zero-order chi connectivity index (χ0) is 6.81. The molecular weight excluding hydrogens is 132 g/mol. The van der Waals surface area contributed by atoms with E-state index in [0.717, 1.165) is 5.56 Å². The van der Waals surface area contributed by atoms with E-state index in [9.17, 15) is 0 Å². The van der Waals surface area contributed by atoms with Gasteiger partial charge in [0, 0.05) is 5.56 Å². The number of rotatable bonds is 1. The highest BCUT2D eigenvalue weighted by Crippen LogP contribution is 2.26. The van der Waals surface area contributed by atoms with Crippen LogP contribution in [0.2, 0.25) is 0 Å². The van der Waals surface area contributed by atoms with Crippen molar-refractivity contribution < 1.29 is 14.8 Å². The van der Waals surface area contributed by atoms with Gasteiger partial charge in [0.1, 0.15) is 0 Å². The minimum Gasteiger partial charge on any atom is -0.165 e. The minimum absolute atomic E-state index is 0.332. The second-order valence-corrected chi connectivity index (χ2v) is 2.00. The van der Waals surface area contributed by atoms with Gasteiger partial charge in [-0.15, -0.1) is 0 Å². The quantitative estimate of drug-likeness (QED) is 0.551. The van der Waals surface area contributed by atoms with Crippen LogP contribution in [0.3, 0.4) is 0 Å². The summed E-state index contributed by atoms with van der Waals surface area (Å²) in [6.07, 6.45) is -0.332. The fourth-order valence-corrected chi connectivity index (χ4v) is 0.800. The van der Waals surface area contributed by atoms with Gasteiger partial charge in [-0.3, -0.25) is 0 Å². The molecule has 1 saturated heterocycles. The molecule has 1 aromatic rings. The first-order valence-electron chi connectivity index (χ1n) is 3.00. The molecule has 0 saturated carbocycles. The lowest BCUT2D eigenvalue weighted by molar-refractivity contribution is -0.697. The van der Waals surface area contributed by atoms with E-state index in [2.05, 4.69) is 14.8 Å². The molecule has 0 atom stereocenters. The van der Waals surface area contributed by atoms with Crippen LogP contribution in [0.1, 0.15) is 11.9 Å². The molecule has 0 aromatic heterocycles. The highest BCUT2D eigenvalue weighted by molar-refractivity contribution is 5.15. The molecule has 0 bridgehead atoms. The first-order chi connectivity index (χ1) is 4.97. The lowest BCUT2D eigenvalue weighted by atomic mass is 10.2. The standard InChI is InChI=1S/C7H6O3/c1-2-4-6(5-3-1)7-8-10-9-7/h1-5,7H. The third kappa shape index (κ3) is 0.903. The highest BCUT2D eigenvalue weighted by Gasteiger charge is 2.23. The Labute approximate surface area is 58.0 Å². The van der Waals surface area contributed by atoms with E-state index in [0.29, 0.717) is 0 Å². The summed E-state index contributed by atoms with van der Waals surface area (Å²) in [6.45, 7) is 0. The Kier molecular flexibility index (Phi) is 1.39. The van der Waals surface area contributed by atoms with Crippen LogP contribution in [0, 0.1) is 0 Å². The Hall–Kier alpha value is -0.900. The third-order valence-electron chi connectivity index (χ3n) is 1.33. The summed E-state index contributed by atoms with van der Waals surface area (Å²) >= 11 is 0. The molecule has 0 radical (unpaired) electrons. The summed E-state index contributed by atoms with van der Waals surface area (Å²) in [5.74, 6) is 0.